The van der Waals surface area contributed by atoms with Gasteiger partial charge in [-0.05, 0) is 42.8 Å². The summed E-state index contributed by atoms with van der Waals surface area (Å²) in [7, 11) is 0. The third-order valence-electron chi connectivity index (χ3n) is 5.76. The van der Waals surface area contributed by atoms with E-state index < -0.39 is 22.7 Å². The summed E-state index contributed by atoms with van der Waals surface area (Å²) in [5, 5.41) is 11.5. The minimum absolute atomic E-state index is 0.0953. The molecule has 1 aliphatic heterocycles. The Morgan fingerprint density at radius 2 is 1.69 bits per heavy atom. The highest BCUT2D eigenvalue weighted by molar-refractivity contribution is 6.37. The highest BCUT2D eigenvalue weighted by Crippen LogP contribution is 2.34. The van der Waals surface area contributed by atoms with Crippen LogP contribution in [0.4, 0.5) is 11.4 Å². The van der Waals surface area contributed by atoms with Crippen molar-refractivity contribution < 1.29 is 24.0 Å². The monoisotopic (exact) mass is 467 g/mol. The summed E-state index contributed by atoms with van der Waals surface area (Å²) in [5.74, 6) is -1.56. The van der Waals surface area contributed by atoms with Crippen LogP contribution in [0.3, 0.4) is 0 Å². The molecule has 0 radical (unpaired) electrons. The first kappa shape index (κ1) is 21.9. The maximum absolute atomic E-state index is 13.3. The average Bonchev–Trinajstić information content (AvgIpc) is 3.13. The minimum atomic E-state index is -0.642. The van der Waals surface area contributed by atoms with Crippen LogP contribution in [0.25, 0.3) is 10.9 Å². The molecule has 4 aromatic rings. The number of hydrogen-bond donors (Lipinski definition) is 0. The number of imide groups is 1. The largest absolute Gasteiger partial charge is 0.457 e. The molecule has 0 bridgehead atoms. The molecule has 0 fully saturated rings. The first-order valence-corrected chi connectivity index (χ1v) is 10.6. The van der Waals surface area contributed by atoms with Gasteiger partial charge in [-0.25, -0.2) is 9.69 Å². The summed E-state index contributed by atoms with van der Waals surface area (Å²) in [4.78, 5) is 54.8. The van der Waals surface area contributed by atoms with E-state index in [1.807, 2.05) is 6.07 Å². The Morgan fingerprint density at radius 1 is 0.971 bits per heavy atom. The number of pyridine rings is 1. The number of non-ortho nitro benzene ring substituents is 1. The molecule has 0 N–H and O–H groups in total. The predicted octanol–water partition coefficient (Wildman–Crippen LogP) is 4.61. The molecule has 0 saturated carbocycles. The fraction of sp³-hybridized carbons (Fsp3) is 0.0769. The van der Waals surface area contributed by atoms with Gasteiger partial charge < -0.3 is 4.74 Å². The van der Waals surface area contributed by atoms with Crippen molar-refractivity contribution in [3.05, 3.63) is 111 Å². The van der Waals surface area contributed by atoms with E-state index in [4.69, 9.17) is 4.74 Å². The van der Waals surface area contributed by atoms with Crippen LogP contribution in [0.2, 0.25) is 0 Å². The Bertz CT molecular complexity index is 1550. The Kier molecular flexibility index (Phi) is 5.29. The van der Waals surface area contributed by atoms with Gasteiger partial charge in [0.2, 0.25) is 0 Å². The lowest BCUT2D eigenvalue weighted by atomic mass is 10.0. The Balaban J connectivity index is 1.36. The van der Waals surface area contributed by atoms with E-state index in [0.717, 1.165) is 4.90 Å². The molecular weight excluding hydrogens is 450 g/mol. The van der Waals surface area contributed by atoms with Crippen LogP contribution in [-0.2, 0) is 11.3 Å². The molecule has 0 aliphatic carbocycles. The summed E-state index contributed by atoms with van der Waals surface area (Å²) in [6, 6.07) is 18.9. The number of fused-ring (bicyclic) bond motifs is 3. The van der Waals surface area contributed by atoms with E-state index >= 15 is 0 Å². The van der Waals surface area contributed by atoms with Crippen LogP contribution in [-0.4, -0.2) is 27.7 Å². The second-order valence-electron chi connectivity index (χ2n) is 7.96. The van der Waals surface area contributed by atoms with Gasteiger partial charge in [0.25, 0.3) is 17.5 Å². The molecule has 0 saturated heterocycles. The highest BCUT2D eigenvalue weighted by atomic mass is 16.6. The summed E-state index contributed by atoms with van der Waals surface area (Å²) < 4.78 is 5.25. The fourth-order valence-electron chi connectivity index (χ4n) is 4.11. The number of benzene rings is 3. The zero-order chi connectivity index (χ0) is 24.7. The van der Waals surface area contributed by atoms with Gasteiger partial charge in [0, 0.05) is 17.5 Å². The number of nitro groups is 1. The normalized spacial score (nSPS) is 12.7. The molecule has 2 amide bonds. The molecule has 2 heterocycles. The first-order chi connectivity index (χ1) is 16.8. The molecular formula is C26H17N3O6. The van der Waals surface area contributed by atoms with Crippen molar-refractivity contribution in [3.8, 4) is 0 Å². The summed E-state index contributed by atoms with van der Waals surface area (Å²) in [6.45, 7) is 1.56. The van der Waals surface area contributed by atoms with Crippen LogP contribution in [0.15, 0.2) is 72.8 Å². The van der Waals surface area contributed by atoms with Crippen molar-refractivity contribution >= 4 is 40.1 Å². The SMILES string of the molecule is Cc1nc2ccccc2c2c1C(=O)N(c1ccc(C(=O)OCc3cccc([N+](=O)[O-])c3)cc1)C2=O. The van der Waals surface area contributed by atoms with Gasteiger partial charge in [-0.3, -0.25) is 24.7 Å². The number of carbonyl (C=O) groups excluding carboxylic acids is 3. The number of ether oxygens (including phenoxy) is 1. The van der Waals surface area contributed by atoms with E-state index in [0.29, 0.717) is 33.4 Å². The van der Waals surface area contributed by atoms with Crippen LogP contribution in [0, 0.1) is 17.0 Å². The lowest BCUT2D eigenvalue weighted by Crippen LogP contribution is -2.29. The fourth-order valence-corrected chi connectivity index (χ4v) is 4.11. The lowest BCUT2D eigenvalue weighted by molar-refractivity contribution is -0.384. The number of hydrogen-bond acceptors (Lipinski definition) is 7. The highest BCUT2D eigenvalue weighted by Gasteiger charge is 2.40. The summed E-state index contributed by atoms with van der Waals surface area (Å²) >= 11 is 0. The van der Waals surface area contributed by atoms with E-state index in [1.54, 1.807) is 31.2 Å². The van der Waals surface area contributed by atoms with E-state index in [9.17, 15) is 24.5 Å². The second kappa shape index (κ2) is 8.45. The van der Waals surface area contributed by atoms with Gasteiger partial charge in [-0.1, -0.05) is 30.3 Å². The van der Waals surface area contributed by atoms with Crippen molar-refractivity contribution in [1.29, 1.82) is 0 Å². The number of aryl methyl sites for hydroxylation is 1. The van der Waals surface area contributed by atoms with Crippen LogP contribution < -0.4 is 4.90 Å². The predicted molar refractivity (Wildman–Crippen MR) is 126 cm³/mol. The molecule has 1 aromatic heterocycles. The van der Waals surface area contributed by atoms with E-state index in [1.165, 1.54) is 42.5 Å². The molecule has 9 nitrogen and oxygen atoms in total. The number of para-hydroxylation sites is 1. The van der Waals surface area contributed by atoms with Gasteiger partial charge in [0.1, 0.15) is 6.61 Å². The molecule has 172 valence electrons. The van der Waals surface area contributed by atoms with Crippen molar-refractivity contribution in [3.63, 3.8) is 0 Å². The van der Waals surface area contributed by atoms with Crippen molar-refractivity contribution in [2.75, 3.05) is 4.90 Å². The number of esters is 1. The van der Waals surface area contributed by atoms with Crippen LogP contribution >= 0.6 is 0 Å². The maximum Gasteiger partial charge on any atom is 0.338 e. The van der Waals surface area contributed by atoms with E-state index in [2.05, 4.69) is 4.98 Å². The van der Waals surface area contributed by atoms with Gasteiger partial charge in [-0.2, -0.15) is 0 Å². The Labute approximate surface area is 198 Å². The number of rotatable bonds is 5. The quantitative estimate of drug-likeness (QED) is 0.182. The molecule has 0 unspecified atom stereocenters. The van der Waals surface area contributed by atoms with Crippen molar-refractivity contribution in [1.82, 2.24) is 4.98 Å². The average molecular weight is 467 g/mol. The smallest absolute Gasteiger partial charge is 0.338 e. The molecule has 1 aliphatic rings. The second-order valence-corrected chi connectivity index (χ2v) is 7.96. The molecule has 9 heteroatoms. The Morgan fingerprint density at radius 3 is 2.43 bits per heavy atom. The van der Waals surface area contributed by atoms with Gasteiger partial charge in [0.15, 0.2) is 0 Å². The van der Waals surface area contributed by atoms with Crippen LogP contribution in [0.5, 0.6) is 0 Å². The van der Waals surface area contributed by atoms with Gasteiger partial charge in [0.05, 0.1) is 38.5 Å². The third kappa shape index (κ3) is 3.78. The van der Waals surface area contributed by atoms with Crippen LogP contribution in [0.1, 0.15) is 42.3 Å². The first-order valence-electron chi connectivity index (χ1n) is 10.6. The third-order valence-corrected chi connectivity index (χ3v) is 5.76. The summed E-state index contributed by atoms with van der Waals surface area (Å²) in [5.41, 5.74) is 2.60. The zero-order valence-electron chi connectivity index (χ0n) is 18.4. The molecule has 3 aromatic carbocycles. The topological polar surface area (TPSA) is 120 Å². The Hall–Kier alpha value is -4.92. The van der Waals surface area contributed by atoms with Gasteiger partial charge in [-0.15, -0.1) is 0 Å². The zero-order valence-corrected chi connectivity index (χ0v) is 18.4. The molecule has 35 heavy (non-hydrogen) atoms. The summed E-state index contributed by atoms with van der Waals surface area (Å²) in [6.07, 6.45) is 0. The molecule has 5 rings (SSSR count). The number of aromatic nitrogens is 1. The maximum atomic E-state index is 13.3. The number of nitro benzene ring substituents is 1. The minimum Gasteiger partial charge on any atom is -0.457 e. The number of nitrogens with zero attached hydrogens (tertiary/aromatic N) is 3. The standard InChI is InChI=1S/C26H17N3O6/c1-15-22-23(20-7-2-3-8-21(20)27-15)25(31)28(24(22)30)18-11-9-17(10-12-18)26(32)35-14-16-5-4-6-19(13-16)29(33)34/h2-13H,14H2,1H3. The molecule has 0 spiro atoms. The van der Waals surface area contributed by atoms with E-state index in [-0.39, 0.29) is 23.4 Å². The lowest BCUT2D eigenvalue weighted by Gasteiger charge is -2.14. The number of anilines is 1. The number of amides is 2. The van der Waals surface area contributed by atoms with Crippen molar-refractivity contribution in [2.45, 2.75) is 13.5 Å². The number of carbonyl (C=O) groups is 3. The van der Waals surface area contributed by atoms with Gasteiger partial charge >= 0.3 is 5.97 Å². The van der Waals surface area contributed by atoms with Crippen molar-refractivity contribution in [2.24, 2.45) is 0 Å². The molecule has 0 atom stereocenters.